The van der Waals surface area contributed by atoms with E-state index in [1.54, 1.807) is 0 Å². The molecule has 0 bridgehead atoms. The van der Waals surface area contributed by atoms with Crippen LogP contribution in [0.3, 0.4) is 0 Å². The molecular formula is C33H54O2P+. The highest BCUT2D eigenvalue weighted by Gasteiger charge is 2.28. The van der Waals surface area contributed by atoms with Crippen molar-refractivity contribution >= 4 is 8.46 Å². The molecule has 36 heavy (non-hydrogen) atoms. The van der Waals surface area contributed by atoms with Gasteiger partial charge in [-0.25, -0.2) is 0 Å². The second-order valence-electron chi connectivity index (χ2n) is 10.5. The van der Waals surface area contributed by atoms with E-state index in [0.717, 1.165) is 18.1 Å². The maximum Gasteiger partial charge on any atom is 0.325 e. The van der Waals surface area contributed by atoms with Crippen LogP contribution in [0.2, 0.25) is 0 Å². The van der Waals surface area contributed by atoms with Crippen LogP contribution in [0.4, 0.5) is 0 Å². The van der Waals surface area contributed by atoms with Gasteiger partial charge in [-0.2, -0.15) is 0 Å². The Balaban J connectivity index is 0.000000457. The quantitative estimate of drug-likeness (QED) is 0.169. The van der Waals surface area contributed by atoms with Crippen LogP contribution >= 0.6 is 8.46 Å². The Morgan fingerprint density at radius 2 is 1.42 bits per heavy atom. The summed E-state index contributed by atoms with van der Waals surface area (Å²) in [4.78, 5) is 0. The van der Waals surface area contributed by atoms with E-state index in [9.17, 15) is 9.67 Å². The van der Waals surface area contributed by atoms with E-state index in [0.29, 0.717) is 11.2 Å². The van der Waals surface area contributed by atoms with Crippen molar-refractivity contribution in [1.29, 1.82) is 0 Å². The molecule has 2 aromatic rings. The lowest BCUT2D eigenvalue weighted by molar-refractivity contribution is 0.270. The number of unbranched alkanes of at least 4 members (excludes halogenated alkanes) is 7. The second-order valence-corrected chi connectivity index (χ2v) is 11.2. The number of benzene rings is 2. The monoisotopic (exact) mass is 513 g/mol. The zero-order valence-corrected chi connectivity index (χ0v) is 25.0. The van der Waals surface area contributed by atoms with Crippen molar-refractivity contribution < 1.29 is 9.67 Å². The lowest BCUT2D eigenvalue weighted by Gasteiger charge is -2.26. The molecule has 2 unspecified atom stereocenters. The van der Waals surface area contributed by atoms with Crippen molar-refractivity contribution in [1.82, 2.24) is 0 Å². The molecule has 202 valence electrons. The van der Waals surface area contributed by atoms with Crippen molar-refractivity contribution in [3.63, 3.8) is 0 Å². The predicted molar refractivity (Wildman–Crippen MR) is 160 cm³/mol. The fraction of sp³-hybridized carbons (Fsp3) is 0.636. The standard InChI is InChI=1S/C23H32O.C10H21OP/c1-3-4-5-6-7-8-10-13-20-16-17-23(24)22(18-20)19(2)21-14-11-9-12-15-21;1-4-7-8-10(5-2,6-3)9-12-11/h9,11-12,14-19,24H,3-8,10,13H2,1-2H3;4-9H2,1-3H3/p+1. The Bertz CT molecular complexity index is 814. The van der Waals surface area contributed by atoms with Gasteiger partial charge in [-0.15, -0.1) is 0 Å². The molecule has 2 aromatic carbocycles. The van der Waals surface area contributed by atoms with Gasteiger partial charge in [0, 0.05) is 16.9 Å². The number of phenolic OH excluding ortho intramolecular Hbond substituents is 1. The molecule has 0 amide bonds. The van der Waals surface area contributed by atoms with E-state index < -0.39 is 0 Å². The topological polar surface area (TPSA) is 37.3 Å². The van der Waals surface area contributed by atoms with Gasteiger partial charge in [0.05, 0.1) is 0 Å². The number of phenols is 1. The third-order valence-corrected chi connectivity index (χ3v) is 8.83. The summed E-state index contributed by atoms with van der Waals surface area (Å²) in [5.41, 5.74) is 4.03. The average molecular weight is 514 g/mol. The van der Waals surface area contributed by atoms with Gasteiger partial charge in [0.1, 0.15) is 11.9 Å². The van der Waals surface area contributed by atoms with E-state index in [1.165, 1.54) is 88.2 Å². The van der Waals surface area contributed by atoms with Gasteiger partial charge in [0.25, 0.3) is 0 Å². The van der Waals surface area contributed by atoms with Gasteiger partial charge < -0.3 is 5.11 Å². The van der Waals surface area contributed by atoms with Crippen molar-refractivity contribution in [2.24, 2.45) is 5.41 Å². The Labute approximate surface area is 224 Å². The van der Waals surface area contributed by atoms with Gasteiger partial charge in [-0.1, -0.05) is 133 Å². The minimum absolute atomic E-state index is 0.116. The van der Waals surface area contributed by atoms with Crippen LogP contribution < -0.4 is 0 Å². The molecule has 0 aliphatic heterocycles. The molecule has 0 aliphatic rings. The lowest BCUT2D eigenvalue weighted by atomic mass is 9.80. The SMILES string of the molecule is CCCCC(CC)(CC)C[PH+]=O.CCCCCCCCCc1ccc(O)c(C(C)c2ccccc2)c1. The summed E-state index contributed by atoms with van der Waals surface area (Å²) in [5, 5.41) is 10.3. The highest BCUT2D eigenvalue weighted by Crippen LogP contribution is 2.35. The van der Waals surface area contributed by atoms with E-state index in [1.807, 2.05) is 12.1 Å². The Kier molecular flexibility index (Phi) is 17.5. The first-order valence-electron chi connectivity index (χ1n) is 14.7. The van der Waals surface area contributed by atoms with Crippen LogP contribution in [0, 0.1) is 5.41 Å². The van der Waals surface area contributed by atoms with Crippen molar-refractivity contribution in [3.8, 4) is 5.75 Å². The molecule has 0 spiro atoms. The molecule has 2 atom stereocenters. The molecule has 0 aromatic heterocycles. The molecule has 2 rings (SSSR count). The summed E-state index contributed by atoms with van der Waals surface area (Å²) >= 11 is 0. The second kappa shape index (κ2) is 19.5. The maximum absolute atomic E-state index is 10.7. The molecule has 0 radical (unpaired) electrons. The highest BCUT2D eigenvalue weighted by molar-refractivity contribution is 7.23. The lowest BCUT2D eigenvalue weighted by Crippen LogP contribution is -2.20. The average Bonchev–Trinajstić information content (AvgIpc) is 2.92. The third kappa shape index (κ3) is 12.1. The molecule has 1 N–H and O–H groups in total. The van der Waals surface area contributed by atoms with Gasteiger partial charge in [0.15, 0.2) is 0 Å². The zero-order valence-electron chi connectivity index (χ0n) is 24.0. The van der Waals surface area contributed by atoms with Crippen molar-refractivity contribution in [2.75, 3.05) is 6.16 Å². The summed E-state index contributed by atoms with van der Waals surface area (Å²) in [6.45, 7) is 11.1. The molecule has 0 saturated carbocycles. The van der Waals surface area contributed by atoms with Crippen LogP contribution in [0.1, 0.15) is 134 Å². The van der Waals surface area contributed by atoms with E-state index in [-0.39, 0.29) is 14.4 Å². The van der Waals surface area contributed by atoms with Crippen LogP contribution in [0.25, 0.3) is 0 Å². The van der Waals surface area contributed by atoms with Crippen LogP contribution in [0.5, 0.6) is 5.75 Å². The van der Waals surface area contributed by atoms with Gasteiger partial charge in [-0.05, 0) is 49.3 Å². The van der Waals surface area contributed by atoms with Crippen LogP contribution in [-0.2, 0) is 11.0 Å². The number of hydrogen-bond acceptors (Lipinski definition) is 2. The molecule has 2 nitrogen and oxygen atoms in total. The smallest absolute Gasteiger partial charge is 0.325 e. The fourth-order valence-electron chi connectivity index (χ4n) is 4.96. The molecule has 0 aliphatic carbocycles. The molecular weight excluding hydrogens is 459 g/mol. The molecule has 0 fully saturated rings. The van der Waals surface area contributed by atoms with E-state index in [2.05, 4.69) is 71.0 Å². The number of hydrogen-bond donors (Lipinski definition) is 1. The van der Waals surface area contributed by atoms with Gasteiger partial charge in [-0.3, -0.25) is 0 Å². The Morgan fingerprint density at radius 3 is 2.00 bits per heavy atom. The predicted octanol–water partition coefficient (Wildman–Crippen LogP) is 10.8. The highest BCUT2D eigenvalue weighted by atomic mass is 31.1. The largest absolute Gasteiger partial charge is 0.508 e. The number of rotatable bonds is 17. The molecule has 3 heteroatoms. The summed E-state index contributed by atoms with van der Waals surface area (Å²) < 4.78 is 10.7. The first kappa shape index (κ1) is 32.4. The summed E-state index contributed by atoms with van der Waals surface area (Å²) in [5.74, 6) is 0.634. The third-order valence-electron chi connectivity index (χ3n) is 7.93. The Hall–Kier alpha value is -1.66. The Morgan fingerprint density at radius 1 is 0.806 bits per heavy atom. The fourth-order valence-corrected chi connectivity index (χ4v) is 5.94. The first-order chi connectivity index (χ1) is 17.5. The maximum atomic E-state index is 10.7. The molecule has 0 heterocycles. The summed E-state index contributed by atoms with van der Waals surface area (Å²) in [7, 11) is -0.116. The minimum atomic E-state index is -0.116. The van der Waals surface area contributed by atoms with E-state index in [4.69, 9.17) is 0 Å². The first-order valence-corrected chi connectivity index (χ1v) is 15.8. The van der Waals surface area contributed by atoms with Crippen LogP contribution in [0.15, 0.2) is 48.5 Å². The van der Waals surface area contributed by atoms with Gasteiger partial charge >= 0.3 is 8.46 Å². The van der Waals surface area contributed by atoms with Gasteiger partial charge in [0.2, 0.25) is 0 Å². The summed E-state index contributed by atoms with van der Waals surface area (Å²) in [6.07, 6.45) is 17.5. The zero-order chi connectivity index (χ0) is 26.7. The van der Waals surface area contributed by atoms with Crippen molar-refractivity contribution in [2.45, 2.75) is 124 Å². The van der Waals surface area contributed by atoms with Crippen LogP contribution in [-0.4, -0.2) is 11.3 Å². The molecule has 0 saturated heterocycles. The number of aryl methyl sites for hydroxylation is 1. The minimum Gasteiger partial charge on any atom is -0.508 e. The number of aromatic hydroxyl groups is 1. The summed E-state index contributed by atoms with van der Waals surface area (Å²) in [6, 6.07) is 16.6. The normalized spacial score (nSPS) is 12.2. The van der Waals surface area contributed by atoms with Crippen molar-refractivity contribution in [3.05, 3.63) is 65.2 Å². The van der Waals surface area contributed by atoms with E-state index >= 15 is 0 Å².